The fraction of sp³-hybridized carbons (Fsp3) is 0.367. The number of methoxy groups -OCH3 is 1. The second-order valence-corrected chi connectivity index (χ2v) is 9.38. The molecule has 13 heteroatoms. The maximum absolute atomic E-state index is 13.2. The number of hydrogen-bond donors (Lipinski definition) is 3. The standard InChI is InChI=1S/C30H34N4O9/c1-4-42-30(37)28-24(18-41-13-12-32-16-23(35)17-43-25-11-6-5-8-21(25)15-31)33-19(2)26(29(36)40-3)27(28)20-9-7-10-22(14-20)34(38)39/h5-11,14,23,27,32-33,35H,4,12-13,16-18H2,1-3H3. The van der Waals surface area contributed by atoms with E-state index in [1.807, 2.05) is 6.07 Å². The first-order chi connectivity index (χ1) is 20.7. The van der Waals surface area contributed by atoms with Crippen molar-refractivity contribution in [1.82, 2.24) is 10.6 Å². The molecule has 0 aromatic heterocycles. The van der Waals surface area contributed by atoms with Gasteiger partial charge in [-0.15, -0.1) is 0 Å². The number of nitro groups is 1. The van der Waals surface area contributed by atoms with Gasteiger partial charge in [-0.05, 0) is 31.5 Å². The molecule has 1 aliphatic rings. The van der Waals surface area contributed by atoms with Crippen LogP contribution in [0.3, 0.4) is 0 Å². The van der Waals surface area contributed by atoms with Crippen LogP contribution in [-0.4, -0.2) is 74.7 Å². The Hall–Kier alpha value is -4.77. The van der Waals surface area contributed by atoms with Gasteiger partial charge in [0.15, 0.2) is 0 Å². The van der Waals surface area contributed by atoms with Crippen molar-refractivity contribution >= 4 is 17.6 Å². The number of allylic oxidation sites excluding steroid dienone is 1. The lowest BCUT2D eigenvalue weighted by Gasteiger charge is -2.31. The summed E-state index contributed by atoms with van der Waals surface area (Å²) in [5.41, 5.74) is 1.44. The molecule has 3 N–H and O–H groups in total. The number of carbonyl (C=O) groups is 2. The van der Waals surface area contributed by atoms with Crippen LogP contribution in [0.1, 0.15) is 30.9 Å². The van der Waals surface area contributed by atoms with Crippen molar-refractivity contribution in [3.63, 3.8) is 0 Å². The topological polar surface area (TPSA) is 182 Å². The van der Waals surface area contributed by atoms with Crippen molar-refractivity contribution in [3.05, 3.63) is 92.3 Å². The summed E-state index contributed by atoms with van der Waals surface area (Å²) in [6, 6.07) is 14.5. The van der Waals surface area contributed by atoms with Gasteiger partial charge in [0, 0.05) is 30.9 Å². The lowest BCUT2D eigenvalue weighted by Crippen LogP contribution is -2.35. The van der Waals surface area contributed by atoms with E-state index in [9.17, 15) is 24.8 Å². The van der Waals surface area contributed by atoms with E-state index >= 15 is 0 Å². The van der Waals surface area contributed by atoms with Gasteiger partial charge < -0.3 is 34.7 Å². The first-order valence-corrected chi connectivity index (χ1v) is 13.5. The number of para-hydroxylation sites is 1. The fourth-order valence-corrected chi connectivity index (χ4v) is 4.51. The van der Waals surface area contributed by atoms with Crippen molar-refractivity contribution in [2.24, 2.45) is 0 Å². The number of benzene rings is 2. The Kier molecular flexibility index (Phi) is 12.2. The number of non-ortho nitro benzene ring substituents is 1. The molecule has 0 saturated heterocycles. The summed E-state index contributed by atoms with van der Waals surface area (Å²) in [7, 11) is 1.21. The molecule has 43 heavy (non-hydrogen) atoms. The first kappa shape index (κ1) is 32.7. The molecule has 0 spiro atoms. The summed E-state index contributed by atoms with van der Waals surface area (Å²) in [6.45, 7) is 4.01. The van der Waals surface area contributed by atoms with E-state index in [1.54, 1.807) is 44.2 Å². The van der Waals surface area contributed by atoms with Crippen LogP contribution in [-0.2, 0) is 23.8 Å². The van der Waals surface area contributed by atoms with Crippen molar-refractivity contribution in [2.45, 2.75) is 25.9 Å². The van der Waals surface area contributed by atoms with E-state index in [2.05, 4.69) is 10.6 Å². The molecule has 13 nitrogen and oxygen atoms in total. The van der Waals surface area contributed by atoms with Crippen LogP contribution in [0.25, 0.3) is 0 Å². The lowest BCUT2D eigenvalue weighted by atomic mass is 9.80. The van der Waals surface area contributed by atoms with Crippen molar-refractivity contribution in [1.29, 1.82) is 5.26 Å². The molecule has 0 fully saturated rings. The van der Waals surface area contributed by atoms with Crippen LogP contribution in [0, 0.1) is 21.4 Å². The molecule has 0 aliphatic carbocycles. The molecule has 0 saturated carbocycles. The van der Waals surface area contributed by atoms with Gasteiger partial charge in [-0.2, -0.15) is 5.26 Å². The summed E-state index contributed by atoms with van der Waals surface area (Å²) >= 11 is 0. The number of nitrogens with zero attached hydrogens (tertiary/aromatic N) is 2. The number of esters is 2. The highest BCUT2D eigenvalue weighted by atomic mass is 16.6. The average Bonchev–Trinajstić information content (AvgIpc) is 3.01. The highest BCUT2D eigenvalue weighted by Gasteiger charge is 2.39. The lowest BCUT2D eigenvalue weighted by molar-refractivity contribution is -0.384. The van der Waals surface area contributed by atoms with Gasteiger partial charge in [0.1, 0.15) is 24.5 Å². The molecule has 2 aromatic rings. The maximum Gasteiger partial charge on any atom is 0.336 e. The number of hydrogen-bond acceptors (Lipinski definition) is 12. The van der Waals surface area contributed by atoms with Crippen molar-refractivity contribution < 1.29 is 38.6 Å². The molecular weight excluding hydrogens is 560 g/mol. The fourth-order valence-electron chi connectivity index (χ4n) is 4.51. The minimum absolute atomic E-state index is 0.0145. The van der Waals surface area contributed by atoms with E-state index in [0.29, 0.717) is 34.8 Å². The summed E-state index contributed by atoms with van der Waals surface area (Å²) in [6.07, 6.45) is -0.842. The van der Waals surface area contributed by atoms with E-state index < -0.39 is 28.9 Å². The number of carbonyl (C=O) groups excluding carboxylic acids is 2. The molecule has 0 radical (unpaired) electrons. The number of nitrogens with one attached hydrogen (secondary N) is 2. The highest BCUT2D eigenvalue weighted by Crippen LogP contribution is 2.40. The minimum Gasteiger partial charge on any atom is -0.489 e. The zero-order chi connectivity index (χ0) is 31.4. The van der Waals surface area contributed by atoms with Crippen LogP contribution in [0.5, 0.6) is 5.75 Å². The molecule has 0 bridgehead atoms. The Morgan fingerprint density at radius 3 is 2.65 bits per heavy atom. The normalized spacial score (nSPS) is 15.3. The third-order valence-electron chi connectivity index (χ3n) is 6.45. The molecular formula is C30H34N4O9. The molecule has 1 aliphatic heterocycles. The summed E-state index contributed by atoms with van der Waals surface area (Å²) in [4.78, 5) is 37.0. The largest absolute Gasteiger partial charge is 0.489 e. The Labute approximate surface area is 248 Å². The van der Waals surface area contributed by atoms with E-state index in [0.717, 1.165) is 0 Å². The molecule has 1 heterocycles. The number of ether oxygens (including phenoxy) is 4. The van der Waals surface area contributed by atoms with Crippen LogP contribution in [0.15, 0.2) is 71.1 Å². The molecule has 2 unspecified atom stereocenters. The number of aliphatic hydroxyl groups is 1. The van der Waals surface area contributed by atoms with Gasteiger partial charge in [-0.1, -0.05) is 24.3 Å². The van der Waals surface area contributed by atoms with Crippen LogP contribution in [0.4, 0.5) is 5.69 Å². The number of aliphatic hydroxyl groups excluding tert-OH is 1. The third-order valence-corrected chi connectivity index (χ3v) is 6.45. The van der Waals surface area contributed by atoms with Gasteiger partial charge in [-0.3, -0.25) is 10.1 Å². The predicted molar refractivity (Wildman–Crippen MR) is 154 cm³/mol. The van der Waals surface area contributed by atoms with E-state index in [4.69, 9.17) is 24.2 Å². The van der Waals surface area contributed by atoms with Gasteiger partial charge in [-0.25, -0.2) is 9.59 Å². The van der Waals surface area contributed by atoms with E-state index in [1.165, 1.54) is 25.3 Å². The second kappa shape index (κ2) is 16.0. The Morgan fingerprint density at radius 1 is 1.19 bits per heavy atom. The van der Waals surface area contributed by atoms with Gasteiger partial charge in [0.25, 0.3) is 5.69 Å². The zero-order valence-corrected chi connectivity index (χ0v) is 24.1. The summed E-state index contributed by atoms with van der Waals surface area (Å²) in [5, 5.41) is 37.0. The smallest absolute Gasteiger partial charge is 0.336 e. The average molecular weight is 595 g/mol. The predicted octanol–water partition coefficient (Wildman–Crippen LogP) is 2.46. The van der Waals surface area contributed by atoms with Gasteiger partial charge in [0.05, 0.1) is 60.2 Å². The monoisotopic (exact) mass is 594 g/mol. The molecule has 0 amide bonds. The van der Waals surface area contributed by atoms with Crippen LogP contribution in [0.2, 0.25) is 0 Å². The van der Waals surface area contributed by atoms with Crippen molar-refractivity contribution in [3.8, 4) is 11.8 Å². The highest BCUT2D eigenvalue weighted by molar-refractivity contribution is 6.00. The molecule has 228 valence electrons. The minimum atomic E-state index is -1.01. The summed E-state index contributed by atoms with van der Waals surface area (Å²) in [5.74, 6) is -2.03. The van der Waals surface area contributed by atoms with Crippen molar-refractivity contribution in [2.75, 3.05) is 46.6 Å². The number of rotatable bonds is 15. The Bertz CT molecular complexity index is 1430. The Balaban J connectivity index is 1.70. The quantitative estimate of drug-likeness (QED) is 0.119. The third kappa shape index (κ3) is 8.62. The number of nitriles is 1. The molecule has 2 aromatic carbocycles. The SMILES string of the molecule is CCOC(=O)C1=C(COCCNCC(O)COc2ccccc2C#N)NC(C)=C(C(=O)OC)C1c1cccc([N+](=O)[O-])c1. The molecule has 2 atom stereocenters. The van der Waals surface area contributed by atoms with Gasteiger partial charge >= 0.3 is 11.9 Å². The Morgan fingerprint density at radius 2 is 1.95 bits per heavy atom. The maximum atomic E-state index is 13.2. The van der Waals surface area contributed by atoms with Gasteiger partial charge in [0.2, 0.25) is 0 Å². The summed E-state index contributed by atoms with van der Waals surface area (Å²) < 4.78 is 21.6. The first-order valence-electron chi connectivity index (χ1n) is 13.5. The molecule has 3 rings (SSSR count). The van der Waals surface area contributed by atoms with Crippen LogP contribution < -0.4 is 15.4 Å². The number of nitro benzene ring substituents is 1. The zero-order valence-electron chi connectivity index (χ0n) is 24.1. The second-order valence-electron chi connectivity index (χ2n) is 9.38. The number of dihydropyridines is 1. The van der Waals surface area contributed by atoms with Crippen LogP contribution >= 0.6 is 0 Å². The van der Waals surface area contributed by atoms with E-state index in [-0.39, 0.29) is 49.8 Å².